The van der Waals surface area contributed by atoms with Gasteiger partial charge in [-0.05, 0) is 25.5 Å². The summed E-state index contributed by atoms with van der Waals surface area (Å²) in [6.07, 6.45) is 2.70. The average molecular weight is 221 g/mol. The topological polar surface area (TPSA) is 45.2 Å². The number of anilines is 1. The number of amides is 1. The third-order valence-electron chi connectivity index (χ3n) is 2.38. The predicted octanol–water partition coefficient (Wildman–Crippen LogP) is 2.00. The minimum atomic E-state index is 0.0319. The molecular formula is C12H19N3O. The Kier molecular flexibility index (Phi) is 4.76. The largest absolute Gasteiger partial charge is 0.370 e. The van der Waals surface area contributed by atoms with E-state index in [1.807, 2.05) is 6.92 Å². The Hall–Kier alpha value is -1.58. The number of hydrogen-bond acceptors (Lipinski definition) is 3. The normalized spacial score (nSPS) is 9.94. The van der Waals surface area contributed by atoms with Crippen molar-refractivity contribution >= 4 is 11.7 Å². The molecule has 16 heavy (non-hydrogen) atoms. The van der Waals surface area contributed by atoms with Gasteiger partial charge in [0.2, 0.25) is 0 Å². The van der Waals surface area contributed by atoms with Gasteiger partial charge in [0, 0.05) is 31.9 Å². The molecule has 0 atom stereocenters. The first kappa shape index (κ1) is 12.5. The highest BCUT2D eigenvalue weighted by atomic mass is 16.2. The maximum absolute atomic E-state index is 11.9. The van der Waals surface area contributed by atoms with Crippen molar-refractivity contribution in [3.63, 3.8) is 0 Å². The molecule has 4 heteroatoms. The molecule has 1 N–H and O–H groups in total. The highest BCUT2D eigenvalue weighted by Crippen LogP contribution is 2.08. The predicted molar refractivity (Wildman–Crippen MR) is 65.7 cm³/mol. The first-order chi connectivity index (χ1) is 7.69. The maximum atomic E-state index is 11.9. The Morgan fingerprint density at radius 3 is 2.88 bits per heavy atom. The van der Waals surface area contributed by atoms with E-state index in [0.29, 0.717) is 12.1 Å². The van der Waals surface area contributed by atoms with E-state index >= 15 is 0 Å². The van der Waals surface area contributed by atoms with Gasteiger partial charge in [-0.3, -0.25) is 4.79 Å². The van der Waals surface area contributed by atoms with Crippen LogP contribution < -0.4 is 5.32 Å². The summed E-state index contributed by atoms with van der Waals surface area (Å²) < 4.78 is 0. The number of rotatable bonds is 5. The Labute approximate surface area is 96.7 Å². The number of carbonyl (C=O) groups is 1. The molecule has 1 rings (SSSR count). The summed E-state index contributed by atoms with van der Waals surface area (Å²) in [5.41, 5.74) is 0.679. The van der Waals surface area contributed by atoms with Crippen LogP contribution >= 0.6 is 0 Å². The number of carbonyl (C=O) groups excluding carboxylic acids is 1. The third-order valence-corrected chi connectivity index (χ3v) is 2.38. The van der Waals surface area contributed by atoms with Crippen molar-refractivity contribution in [3.05, 3.63) is 23.9 Å². The highest BCUT2D eigenvalue weighted by molar-refractivity contribution is 5.94. The zero-order chi connectivity index (χ0) is 12.0. The lowest BCUT2D eigenvalue weighted by Gasteiger charge is -2.14. The SMILES string of the molecule is CCCNc1cc(C(=O)N(C)CC)ccn1. The van der Waals surface area contributed by atoms with Gasteiger partial charge in [0.15, 0.2) is 0 Å². The highest BCUT2D eigenvalue weighted by Gasteiger charge is 2.10. The molecule has 0 spiro atoms. The molecule has 1 aromatic rings. The van der Waals surface area contributed by atoms with Gasteiger partial charge in [-0.15, -0.1) is 0 Å². The number of pyridine rings is 1. The van der Waals surface area contributed by atoms with E-state index in [1.165, 1.54) is 0 Å². The van der Waals surface area contributed by atoms with Crippen molar-refractivity contribution in [3.8, 4) is 0 Å². The second-order valence-corrected chi connectivity index (χ2v) is 3.68. The molecule has 0 aliphatic rings. The van der Waals surface area contributed by atoms with Gasteiger partial charge >= 0.3 is 0 Å². The fourth-order valence-corrected chi connectivity index (χ4v) is 1.28. The third kappa shape index (κ3) is 3.22. The molecule has 0 radical (unpaired) electrons. The molecule has 0 aromatic carbocycles. The molecule has 0 saturated carbocycles. The van der Waals surface area contributed by atoms with Crippen LogP contribution in [0.3, 0.4) is 0 Å². The van der Waals surface area contributed by atoms with Crippen LogP contribution in [0.15, 0.2) is 18.3 Å². The van der Waals surface area contributed by atoms with Crippen LogP contribution in [-0.2, 0) is 0 Å². The Morgan fingerprint density at radius 1 is 1.50 bits per heavy atom. The molecule has 0 bridgehead atoms. The van der Waals surface area contributed by atoms with Gasteiger partial charge < -0.3 is 10.2 Å². The summed E-state index contributed by atoms with van der Waals surface area (Å²) in [5.74, 6) is 0.793. The molecule has 0 aliphatic carbocycles. The summed E-state index contributed by atoms with van der Waals surface area (Å²) in [7, 11) is 1.79. The van der Waals surface area contributed by atoms with Crippen molar-refractivity contribution in [2.24, 2.45) is 0 Å². The second-order valence-electron chi connectivity index (χ2n) is 3.68. The standard InChI is InChI=1S/C12H19N3O/c1-4-7-13-11-9-10(6-8-14-11)12(16)15(3)5-2/h6,8-9H,4-5,7H2,1-3H3,(H,13,14). The second kappa shape index (κ2) is 6.10. The number of nitrogens with zero attached hydrogens (tertiary/aromatic N) is 2. The van der Waals surface area contributed by atoms with Crippen LogP contribution in [0, 0.1) is 0 Å². The van der Waals surface area contributed by atoms with Gasteiger partial charge in [-0.25, -0.2) is 4.98 Å². The van der Waals surface area contributed by atoms with E-state index in [4.69, 9.17) is 0 Å². The van der Waals surface area contributed by atoms with E-state index in [9.17, 15) is 4.79 Å². The van der Waals surface area contributed by atoms with Gasteiger partial charge in [-0.2, -0.15) is 0 Å². The lowest BCUT2D eigenvalue weighted by atomic mass is 10.2. The van der Waals surface area contributed by atoms with Crippen LogP contribution in [0.5, 0.6) is 0 Å². The van der Waals surface area contributed by atoms with Crippen LogP contribution in [0.25, 0.3) is 0 Å². The number of aromatic nitrogens is 1. The summed E-state index contributed by atoms with van der Waals surface area (Å²) in [4.78, 5) is 17.7. The van der Waals surface area contributed by atoms with Crippen LogP contribution in [-0.4, -0.2) is 35.9 Å². The van der Waals surface area contributed by atoms with Crippen molar-refractivity contribution in [2.45, 2.75) is 20.3 Å². The van der Waals surface area contributed by atoms with E-state index in [0.717, 1.165) is 18.8 Å². The summed E-state index contributed by atoms with van der Waals surface area (Å²) in [6, 6.07) is 3.54. The molecule has 1 aromatic heterocycles. The molecule has 88 valence electrons. The summed E-state index contributed by atoms with van der Waals surface area (Å²) >= 11 is 0. The van der Waals surface area contributed by atoms with Crippen LogP contribution in [0.1, 0.15) is 30.6 Å². The smallest absolute Gasteiger partial charge is 0.253 e. The fourth-order valence-electron chi connectivity index (χ4n) is 1.28. The Bertz CT molecular complexity index is 352. The van der Waals surface area contributed by atoms with E-state index in [2.05, 4.69) is 17.2 Å². The lowest BCUT2D eigenvalue weighted by Crippen LogP contribution is -2.26. The quantitative estimate of drug-likeness (QED) is 0.827. The van der Waals surface area contributed by atoms with Gasteiger partial charge in [0.25, 0.3) is 5.91 Å². The molecule has 4 nitrogen and oxygen atoms in total. The minimum absolute atomic E-state index is 0.0319. The molecule has 0 unspecified atom stereocenters. The van der Waals surface area contributed by atoms with Crippen LogP contribution in [0.4, 0.5) is 5.82 Å². The van der Waals surface area contributed by atoms with Crippen molar-refractivity contribution in [1.82, 2.24) is 9.88 Å². The fraction of sp³-hybridized carbons (Fsp3) is 0.500. The van der Waals surface area contributed by atoms with Gasteiger partial charge in [0.1, 0.15) is 5.82 Å². The monoisotopic (exact) mass is 221 g/mol. The Morgan fingerprint density at radius 2 is 2.25 bits per heavy atom. The van der Waals surface area contributed by atoms with E-state index in [1.54, 1.807) is 30.3 Å². The van der Waals surface area contributed by atoms with Gasteiger partial charge in [-0.1, -0.05) is 6.92 Å². The lowest BCUT2D eigenvalue weighted by molar-refractivity contribution is 0.0802. The van der Waals surface area contributed by atoms with E-state index in [-0.39, 0.29) is 5.91 Å². The van der Waals surface area contributed by atoms with Gasteiger partial charge in [0.05, 0.1) is 0 Å². The summed E-state index contributed by atoms with van der Waals surface area (Å²) in [6.45, 7) is 5.62. The molecule has 1 heterocycles. The average Bonchev–Trinajstić information content (AvgIpc) is 2.34. The molecule has 0 fully saturated rings. The zero-order valence-electron chi connectivity index (χ0n) is 10.2. The zero-order valence-corrected chi connectivity index (χ0v) is 10.2. The van der Waals surface area contributed by atoms with E-state index < -0.39 is 0 Å². The number of nitrogens with one attached hydrogen (secondary N) is 1. The molecule has 0 saturated heterocycles. The van der Waals surface area contributed by atoms with Crippen molar-refractivity contribution < 1.29 is 4.79 Å². The minimum Gasteiger partial charge on any atom is -0.370 e. The maximum Gasteiger partial charge on any atom is 0.253 e. The molecule has 1 amide bonds. The first-order valence-electron chi connectivity index (χ1n) is 5.64. The molecular weight excluding hydrogens is 202 g/mol. The first-order valence-corrected chi connectivity index (χ1v) is 5.64. The van der Waals surface area contributed by atoms with Crippen LogP contribution in [0.2, 0.25) is 0 Å². The Balaban J connectivity index is 2.77. The molecule has 0 aliphatic heterocycles. The van der Waals surface area contributed by atoms with Crippen molar-refractivity contribution in [1.29, 1.82) is 0 Å². The summed E-state index contributed by atoms with van der Waals surface area (Å²) in [5, 5.41) is 3.16. The van der Waals surface area contributed by atoms with Crippen molar-refractivity contribution in [2.75, 3.05) is 25.5 Å². The number of hydrogen-bond donors (Lipinski definition) is 1.